The van der Waals surface area contributed by atoms with E-state index in [1.807, 2.05) is 17.5 Å². The average Bonchev–Trinajstić information content (AvgIpc) is 3.20. The van der Waals surface area contributed by atoms with Crippen LogP contribution in [0.4, 0.5) is 13.2 Å². The van der Waals surface area contributed by atoms with E-state index in [-0.39, 0.29) is 24.5 Å². The summed E-state index contributed by atoms with van der Waals surface area (Å²) in [4.78, 5) is 27.8. The number of hydrogen-bond donors (Lipinski definition) is 0. The van der Waals surface area contributed by atoms with Gasteiger partial charge in [-0.2, -0.15) is 18.3 Å². The fourth-order valence-electron chi connectivity index (χ4n) is 2.89. The second-order valence-corrected chi connectivity index (χ2v) is 7.54. The molecule has 0 spiro atoms. The van der Waals surface area contributed by atoms with E-state index in [2.05, 4.69) is 11.7 Å². The molecule has 0 bridgehead atoms. The van der Waals surface area contributed by atoms with Crippen LogP contribution in [0.1, 0.15) is 26.6 Å². The molecule has 0 aliphatic carbocycles. The normalized spacial score (nSPS) is 11.3. The predicted molar refractivity (Wildman–Crippen MR) is 109 cm³/mol. The molecule has 0 aliphatic heterocycles. The zero-order valence-corrected chi connectivity index (χ0v) is 16.8. The highest BCUT2D eigenvalue weighted by atomic mass is 32.1. The quantitative estimate of drug-likeness (QED) is 0.540. The van der Waals surface area contributed by atoms with Gasteiger partial charge >= 0.3 is 6.18 Å². The van der Waals surface area contributed by atoms with Gasteiger partial charge in [0.1, 0.15) is 0 Å². The number of carbonyl (C=O) groups excluding carboxylic acids is 1. The van der Waals surface area contributed by atoms with Gasteiger partial charge < -0.3 is 4.90 Å². The number of halogens is 3. The van der Waals surface area contributed by atoms with E-state index in [0.717, 1.165) is 17.0 Å². The monoisotopic (exact) mass is 433 g/mol. The van der Waals surface area contributed by atoms with Crippen LogP contribution in [-0.2, 0) is 12.7 Å². The lowest BCUT2D eigenvalue weighted by molar-refractivity contribution is -0.137. The molecule has 3 aromatic rings. The molecule has 0 unspecified atom stereocenters. The minimum absolute atomic E-state index is 0.102. The van der Waals surface area contributed by atoms with Crippen LogP contribution in [0.25, 0.3) is 5.69 Å². The molecule has 5 nitrogen and oxygen atoms in total. The highest BCUT2D eigenvalue weighted by Crippen LogP contribution is 2.30. The van der Waals surface area contributed by atoms with E-state index in [4.69, 9.17) is 0 Å². The molecule has 2 aromatic heterocycles. The van der Waals surface area contributed by atoms with Gasteiger partial charge in [-0.1, -0.05) is 18.2 Å². The zero-order valence-electron chi connectivity index (χ0n) is 16.0. The van der Waals surface area contributed by atoms with Crippen LogP contribution in [-0.4, -0.2) is 27.1 Å². The molecule has 0 saturated carbocycles. The van der Waals surface area contributed by atoms with Crippen molar-refractivity contribution in [2.45, 2.75) is 19.6 Å². The van der Waals surface area contributed by atoms with E-state index in [0.29, 0.717) is 5.69 Å². The topological polar surface area (TPSA) is 55.2 Å². The lowest BCUT2D eigenvalue weighted by atomic mass is 10.2. The molecule has 1 amide bonds. The Morgan fingerprint density at radius 3 is 2.67 bits per heavy atom. The Labute approximate surface area is 174 Å². The van der Waals surface area contributed by atoms with Gasteiger partial charge in [0.25, 0.3) is 5.91 Å². The first kappa shape index (κ1) is 21.5. The molecule has 0 radical (unpaired) electrons. The summed E-state index contributed by atoms with van der Waals surface area (Å²) in [5.41, 5.74) is -1.40. The molecule has 30 heavy (non-hydrogen) atoms. The van der Waals surface area contributed by atoms with Crippen molar-refractivity contribution >= 4 is 17.2 Å². The summed E-state index contributed by atoms with van der Waals surface area (Å²) in [7, 11) is 0. The Bertz CT molecular complexity index is 1120. The summed E-state index contributed by atoms with van der Waals surface area (Å²) in [5, 5.41) is 5.98. The molecular weight excluding hydrogens is 415 g/mol. The standard InChI is InChI=1S/C21H18F3N3O2S/c1-3-9-26(13-17-8-5-10-30-17)20(29)19-18(28)11-14(2)27(25-19)16-7-4-6-15(12-16)21(22,23)24/h3-8,10-12H,1,9,13H2,2H3. The van der Waals surface area contributed by atoms with Crippen LogP contribution in [0.2, 0.25) is 0 Å². The smallest absolute Gasteiger partial charge is 0.328 e. The van der Waals surface area contributed by atoms with Crippen molar-refractivity contribution < 1.29 is 18.0 Å². The maximum absolute atomic E-state index is 13.1. The first-order chi connectivity index (χ1) is 14.2. The van der Waals surface area contributed by atoms with Crippen LogP contribution in [0.3, 0.4) is 0 Å². The Morgan fingerprint density at radius 1 is 1.27 bits per heavy atom. The maximum Gasteiger partial charge on any atom is 0.416 e. The minimum atomic E-state index is -4.52. The van der Waals surface area contributed by atoms with Gasteiger partial charge in [0.2, 0.25) is 5.43 Å². The number of hydrogen-bond acceptors (Lipinski definition) is 4. The molecule has 0 aliphatic rings. The number of aryl methyl sites for hydroxylation is 1. The lowest BCUT2D eigenvalue weighted by Gasteiger charge is -2.20. The summed E-state index contributed by atoms with van der Waals surface area (Å²) in [6.45, 7) is 5.63. The molecule has 0 N–H and O–H groups in total. The first-order valence-corrected chi connectivity index (χ1v) is 9.80. The third-order valence-corrected chi connectivity index (χ3v) is 5.15. The summed E-state index contributed by atoms with van der Waals surface area (Å²) in [6.07, 6.45) is -2.99. The average molecular weight is 433 g/mol. The van der Waals surface area contributed by atoms with Gasteiger partial charge in [-0.3, -0.25) is 9.59 Å². The molecule has 1 aromatic carbocycles. The van der Waals surface area contributed by atoms with Crippen molar-refractivity contribution in [3.63, 3.8) is 0 Å². The third-order valence-electron chi connectivity index (χ3n) is 4.29. The fourth-order valence-corrected chi connectivity index (χ4v) is 3.61. The van der Waals surface area contributed by atoms with Gasteiger partial charge in [0.05, 0.1) is 17.8 Å². The Morgan fingerprint density at radius 2 is 2.03 bits per heavy atom. The number of aromatic nitrogens is 2. The van der Waals surface area contributed by atoms with E-state index < -0.39 is 23.1 Å². The largest absolute Gasteiger partial charge is 0.416 e. The number of rotatable bonds is 6. The minimum Gasteiger partial charge on any atom is -0.328 e. The number of benzene rings is 1. The van der Waals surface area contributed by atoms with Gasteiger partial charge in [0.15, 0.2) is 5.69 Å². The molecule has 156 valence electrons. The van der Waals surface area contributed by atoms with Crippen LogP contribution in [0, 0.1) is 6.92 Å². The summed E-state index contributed by atoms with van der Waals surface area (Å²) >= 11 is 1.46. The SMILES string of the molecule is C=CCN(Cc1cccs1)C(=O)c1nn(-c2cccc(C(F)(F)F)c2)c(C)cc1=O. The van der Waals surface area contributed by atoms with E-state index in [1.54, 1.807) is 0 Å². The van der Waals surface area contributed by atoms with Crippen molar-refractivity contribution in [1.29, 1.82) is 0 Å². The number of thiophene rings is 1. The highest BCUT2D eigenvalue weighted by Gasteiger charge is 2.31. The van der Waals surface area contributed by atoms with Gasteiger partial charge in [-0.05, 0) is 36.6 Å². The molecular formula is C21H18F3N3O2S. The molecule has 0 atom stereocenters. The highest BCUT2D eigenvalue weighted by molar-refractivity contribution is 7.09. The van der Waals surface area contributed by atoms with Crippen molar-refractivity contribution in [2.75, 3.05) is 6.54 Å². The number of alkyl halides is 3. The van der Waals surface area contributed by atoms with Crippen molar-refractivity contribution in [3.05, 3.63) is 92.6 Å². The second kappa shape index (κ2) is 8.66. The van der Waals surface area contributed by atoms with E-state index >= 15 is 0 Å². The lowest BCUT2D eigenvalue weighted by Crippen LogP contribution is -2.36. The van der Waals surface area contributed by atoms with E-state index in [1.165, 1.54) is 52.1 Å². The number of carbonyl (C=O) groups is 1. The number of nitrogens with zero attached hydrogens (tertiary/aromatic N) is 3. The van der Waals surface area contributed by atoms with Gasteiger partial charge in [0, 0.05) is 23.2 Å². The molecule has 3 rings (SSSR count). The Hall–Kier alpha value is -3.20. The molecule has 2 heterocycles. The molecule has 9 heteroatoms. The summed E-state index contributed by atoms with van der Waals surface area (Å²) < 4.78 is 40.4. The number of amides is 1. The Kier molecular flexibility index (Phi) is 6.21. The van der Waals surface area contributed by atoms with Gasteiger partial charge in [-0.25, -0.2) is 4.68 Å². The molecule has 0 saturated heterocycles. The van der Waals surface area contributed by atoms with Crippen LogP contribution < -0.4 is 5.43 Å². The fraction of sp³-hybridized carbons (Fsp3) is 0.190. The second-order valence-electron chi connectivity index (χ2n) is 6.51. The van der Waals surface area contributed by atoms with Crippen molar-refractivity contribution in [2.24, 2.45) is 0 Å². The van der Waals surface area contributed by atoms with Crippen molar-refractivity contribution in [1.82, 2.24) is 14.7 Å². The third kappa shape index (κ3) is 4.68. The van der Waals surface area contributed by atoms with Crippen LogP contribution >= 0.6 is 11.3 Å². The predicted octanol–water partition coefficient (Wildman–Crippen LogP) is 4.45. The zero-order chi connectivity index (χ0) is 21.9. The van der Waals surface area contributed by atoms with Crippen LogP contribution in [0.5, 0.6) is 0 Å². The van der Waals surface area contributed by atoms with Crippen molar-refractivity contribution in [3.8, 4) is 5.69 Å². The van der Waals surface area contributed by atoms with E-state index in [9.17, 15) is 22.8 Å². The maximum atomic E-state index is 13.1. The Balaban J connectivity index is 2.03. The summed E-state index contributed by atoms with van der Waals surface area (Å²) in [6, 6.07) is 9.45. The van der Waals surface area contributed by atoms with Gasteiger partial charge in [-0.15, -0.1) is 17.9 Å². The van der Waals surface area contributed by atoms with Crippen LogP contribution in [0.15, 0.2) is 65.3 Å². The molecule has 0 fully saturated rings. The summed E-state index contributed by atoms with van der Waals surface area (Å²) in [5.74, 6) is -0.617. The first-order valence-electron chi connectivity index (χ1n) is 8.92.